The molecule has 0 fully saturated rings. The Morgan fingerprint density at radius 3 is 1.47 bits per heavy atom. The van der Waals surface area contributed by atoms with Crippen molar-refractivity contribution in [3.05, 3.63) is 0 Å². The van der Waals surface area contributed by atoms with Crippen molar-refractivity contribution >= 4 is 6.29 Å². The number of nitrogens with zero attached hydrogens (tertiary/aromatic N) is 1. The van der Waals surface area contributed by atoms with Gasteiger partial charge in [0.15, 0.2) is 0 Å². The number of nitriles is 1. The van der Waals surface area contributed by atoms with Crippen LogP contribution < -0.4 is 0 Å². The zero-order chi connectivity index (χ0) is 15.0. The van der Waals surface area contributed by atoms with Crippen LogP contribution in [-0.4, -0.2) is 6.29 Å². The average Bonchev–Trinajstić information content (AvgIpc) is 2.15. The molecule has 0 aliphatic carbocycles. The molecule has 0 atom stereocenters. The Balaban J connectivity index is -0.000000256. The fourth-order valence-electron chi connectivity index (χ4n) is 2.17. The number of carbonyl (C=O) groups excluding carboxylic acids is 1. The quantitative estimate of drug-likeness (QED) is 0.620. The summed E-state index contributed by atoms with van der Waals surface area (Å²) < 4.78 is 0. The third-order valence-corrected chi connectivity index (χ3v) is 2.47. The van der Waals surface area contributed by atoms with Gasteiger partial charge in [0.25, 0.3) is 0 Å². The fourth-order valence-corrected chi connectivity index (χ4v) is 2.17. The molecule has 0 bridgehead atoms. The van der Waals surface area contributed by atoms with Crippen molar-refractivity contribution < 1.29 is 4.79 Å². The molecule has 2 nitrogen and oxygen atoms in total. The monoisotopic (exact) mass is 269 g/mol. The number of hydrogen-bond acceptors (Lipinski definition) is 2. The molecule has 0 spiro atoms. The molecule has 0 aromatic rings. The molecule has 0 saturated carbocycles. The summed E-state index contributed by atoms with van der Waals surface area (Å²) in [5.74, 6) is 1.24. The third kappa shape index (κ3) is 17.2. The van der Waals surface area contributed by atoms with E-state index < -0.39 is 0 Å². The van der Waals surface area contributed by atoms with Gasteiger partial charge in [0.05, 0.1) is 11.5 Å². The highest BCUT2D eigenvalue weighted by Crippen LogP contribution is 2.23. The molecule has 0 amide bonds. The van der Waals surface area contributed by atoms with E-state index in [0.717, 1.165) is 19.1 Å². The minimum Gasteiger partial charge on any atom is -0.303 e. The molecule has 19 heavy (non-hydrogen) atoms. The summed E-state index contributed by atoms with van der Waals surface area (Å²) >= 11 is 0. The van der Waals surface area contributed by atoms with Gasteiger partial charge in [-0.25, -0.2) is 0 Å². The molecule has 0 aromatic carbocycles. The molecular weight excluding hydrogens is 234 g/mol. The fraction of sp³-hybridized carbons (Fsp3) is 0.882. The first-order chi connectivity index (χ1) is 7.95. The first kappa shape index (κ1) is 23.3. The highest BCUT2D eigenvalue weighted by Gasteiger charge is 2.17. The minimum absolute atomic E-state index is 0. The number of carbonyl (C=O) groups is 1. The largest absolute Gasteiger partial charge is 0.303 e. The summed E-state index contributed by atoms with van der Waals surface area (Å²) in [5.41, 5.74) is -0.248. The number of rotatable bonds is 5. The summed E-state index contributed by atoms with van der Waals surface area (Å²) in [5, 5.41) is 8.59. The standard InChI is InChI=1S/C8H15N.C8H16O.CH4/c2*1-7(2)5-8(3,4)6-9;/h7H,5H2,1-4H3;6-7H,5H2,1-4H3;1H4. The predicted octanol–water partition coefficient (Wildman–Crippen LogP) is 5.48. The average molecular weight is 269 g/mol. The van der Waals surface area contributed by atoms with Gasteiger partial charge in [-0.05, 0) is 38.5 Å². The van der Waals surface area contributed by atoms with Crippen LogP contribution in [0.25, 0.3) is 0 Å². The molecule has 114 valence electrons. The van der Waals surface area contributed by atoms with E-state index in [4.69, 9.17) is 5.26 Å². The summed E-state index contributed by atoms with van der Waals surface area (Å²) in [6.07, 6.45) is 3.01. The zero-order valence-electron chi connectivity index (χ0n) is 13.5. The molecule has 0 rings (SSSR count). The van der Waals surface area contributed by atoms with Gasteiger partial charge in [0.2, 0.25) is 0 Å². The van der Waals surface area contributed by atoms with Crippen molar-refractivity contribution in [1.29, 1.82) is 5.26 Å². The number of hydrogen-bond donors (Lipinski definition) is 0. The molecule has 0 unspecified atom stereocenters. The second-order valence-electron chi connectivity index (χ2n) is 7.30. The Bertz CT molecular complexity index is 269. The highest BCUT2D eigenvalue weighted by molar-refractivity contribution is 5.57. The summed E-state index contributed by atoms with van der Waals surface area (Å²) in [6, 6.07) is 2.27. The Morgan fingerprint density at radius 1 is 1.00 bits per heavy atom. The van der Waals surface area contributed by atoms with Crippen LogP contribution in [0, 0.1) is 34.0 Å². The lowest BCUT2D eigenvalue weighted by Gasteiger charge is -2.18. The van der Waals surface area contributed by atoms with Gasteiger partial charge in [0, 0.05) is 5.41 Å². The summed E-state index contributed by atoms with van der Waals surface area (Å²) in [7, 11) is 0. The lowest BCUT2D eigenvalue weighted by Crippen LogP contribution is -2.15. The van der Waals surface area contributed by atoms with Crippen molar-refractivity contribution in [2.24, 2.45) is 22.7 Å². The molecule has 0 aromatic heterocycles. The van der Waals surface area contributed by atoms with Crippen LogP contribution in [0.3, 0.4) is 0 Å². The van der Waals surface area contributed by atoms with Crippen LogP contribution in [0.1, 0.15) is 75.7 Å². The van der Waals surface area contributed by atoms with Gasteiger partial charge >= 0.3 is 0 Å². The van der Waals surface area contributed by atoms with E-state index in [1.807, 2.05) is 27.7 Å². The molecule has 0 N–H and O–H groups in total. The van der Waals surface area contributed by atoms with Crippen molar-refractivity contribution in [3.8, 4) is 6.07 Å². The maximum absolute atomic E-state index is 10.4. The maximum Gasteiger partial charge on any atom is 0.125 e. The second-order valence-corrected chi connectivity index (χ2v) is 7.30. The maximum atomic E-state index is 10.4. The van der Waals surface area contributed by atoms with Gasteiger partial charge < -0.3 is 4.79 Å². The van der Waals surface area contributed by atoms with Gasteiger partial charge in [-0.3, -0.25) is 0 Å². The van der Waals surface area contributed by atoms with Crippen molar-refractivity contribution in [2.75, 3.05) is 0 Å². The van der Waals surface area contributed by atoms with E-state index in [9.17, 15) is 4.79 Å². The third-order valence-electron chi connectivity index (χ3n) is 2.47. The van der Waals surface area contributed by atoms with E-state index in [0.29, 0.717) is 11.8 Å². The van der Waals surface area contributed by atoms with Gasteiger partial charge in [-0.15, -0.1) is 0 Å². The van der Waals surface area contributed by atoms with Crippen molar-refractivity contribution in [2.45, 2.75) is 75.7 Å². The molecule has 0 radical (unpaired) electrons. The highest BCUT2D eigenvalue weighted by atomic mass is 16.1. The minimum atomic E-state index is -0.131. The van der Waals surface area contributed by atoms with E-state index in [-0.39, 0.29) is 18.3 Å². The molecule has 0 aliphatic rings. The van der Waals surface area contributed by atoms with Crippen LogP contribution in [-0.2, 0) is 4.79 Å². The zero-order valence-corrected chi connectivity index (χ0v) is 13.5. The van der Waals surface area contributed by atoms with Crippen molar-refractivity contribution in [3.63, 3.8) is 0 Å². The second kappa shape index (κ2) is 10.0. The van der Waals surface area contributed by atoms with Crippen LogP contribution in [0.2, 0.25) is 0 Å². The molecule has 0 saturated heterocycles. The normalized spacial score (nSPS) is 11.2. The van der Waals surface area contributed by atoms with Crippen LogP contribution in [0.15, 0.2) is 0 Å². The Kier molecular flexibility index (Phi) is 12.3. The molecule has 2 heteroatoms. The van der Waals surface area contributed by atoms with Crippen LogP contribution >= 0.6 is 0 Å². The van der Waals surface area contributed by atoms with Crippen molar-refractivity contribution in [1.82, 2.24) is 0 Å². The van der Waals surface area contributed by atoms with E-state index in [1.165, 1.54) is 0 Å². The van der Waals surface area contributed by atoms with Gasteiger partial charge in [-0.2, -0.15) is 5.26 Å². The lowest BCUT2D eigenvalue weighted by molar-refractivity contribution is -0.115. The number of aldehydes is 1. The van der Waals surface area contributed by atoms with E-state index in [1.54, 1.807) is 0 Å². The molecular formula is C17H35NO. The van der Waals surface area contributed by atoms with Gasteiger partial charge in [0.1, 0.15) is 6.29 Å². The summed E-state index contributed by atoms with van der Waals surface area (Å²) in [4.78, 5) is 10.4. The lowest BCUT2D eigenvalue weighted by atomic mass is 9.86. The first-order valence-corrected chi connectivity index (χ1v) is 6.83. The topological polar surface area (TPSA) is 40.9 Å². The first-order valence-electron chi connectivity index (χ1n) is 6.83. The van der Waals surface area contributed by atoms with E-state index >= 15 is 0 Å². The van der Waals surface area contributed by atoms with Crippen LogP contribution in [0.4, 0.5) is 0 Å². The van der Waals surface area contributed by atoms with E-state index in [2.05, 4.69) is 33.8 Å². The SMILES string of the molecule is C.CC(C)CC(C)(C)C#N.CC(C)CC(C)(C)C=O. The predicted molar refractivity (Wildman–Crippen MR) is 84.9 cm³/mol. The Morgan fingerprint density at radius 2 is 1.37 bits per heavy atom. The van der Waals surface area contributed by atoms with Crippen LogP contribution in [0.5, 0.6) is 0 Å². The van der Waals surface area contributed by atoms with Gasteiger partial charge in [-0.1, -0.05) is 49.0 Å². The Hall–Kier alpha value is -0.840. The smallest absolute Gasteiger partial charge is 0.125 e. The molecule has 0 aliphatic heterocycles. The Labute approximate surface area is 121 Å². The summed E-state index contributed by atoms with van der Waals surface area (Å²) in [6.45, 7) is 16.4. The molecule has 0 heterocycles.